The van der Waals surface area contributed by atoms with E-state index in [1.807, 2.05) is 23.1 Å². The normalized spacial score (nSPS) is 25.2. The molecule has 1 fully saturated rings. The van der Waals surface area contributed by atoms with E-state index < -0.39 is 5.72 Å². The van der Waals surface area contributed by atoms with Gasteiger partial charge >= 0.3 is 0 Å². The van der Waals surface area contributed by atoms with Gasteiger partial charge in [0, 0.05) is 23.2 Å². The first-order valence-corrected chi connectivity index (χ1v) is 8.49. The highest BCUT2D eigenvalue weighted by Crippen LogP contribution is 2.49. The number of aryl methyl sites for hydroxylation is 1. The monoisotopic (exact) mass is 305 g/mol. The average molecular weight is 305 g/mol. The largest absolute Gasteiger partial charge is 0.345 e. The van der Waals surface area contributed by atoms with Crippen LogP contribution in [-0.4, -0.2) is 24.0 Å². The summed E-state index contributed by atoms with van der Waals surface area (Å²) < 4.78 is 6.32. The topological polar surface area (TPSA) is 29.5 Å². The van der Waals surface area contributed by atoms with Gasteiger partial charge in [-0.05, 0) is 42.9 Å². The van der Waals surface area contributed by atoms with E-state index in [2.05, 4.69) is 24.3 Å². The summed E-state index contributed by atoms with van der Waals surface area (Å²) in [4.78, 5) is 14.8. The first-order chi connectivity index (χ1) is 11.3. The highest BCUT2D eigenvalue weighted by Gasteiger charge is 2.55. The molecular formula is C20H19NO2. The molecule has 116 valence electrons. The maximum atomic E-state index is 12.9. The molecule has 0 radical (unpaired) electrons. The molecular weight excluding hydrogens is 286 g/mol. The van der Waals surface area contributed by atoms with Gasteiger partial charge < -0.3 is 4.74 Å². The van der Waals surface area contributed by atoms with Crippen molar-refractivity contribution in [2.75, 3.05) is 13.2 Å². The van der Waals surface area contributed by atoms with Crippen LogP contribution in [0.1, 0.15) is 45.5 Å². The maximum absolute atomic E-state index is 12.9. The molecule has 1 saturated heterocycles. The minimum Gasteiger partial charge on any atom is -0.345 e. The molecule has 1 atom stereocenters. The second-order valence-corrected chi connectivity index (χ2v) is 6.65. The van der Waals surface area contributed by atoms with Crippen molar-refractivity contribution >= 4 is 5.91 Å². The quantitative estimate of drug-likeness (QED) is 0.809. The number of carbonyl (C=O) groups excluding carboxylic acids is 1. The Morgan fingerprint density at radius 2 is 1.78 bits per heavy atom. The number of hydrogen-bond acceptors (Lipinski definition) is 2. The van der Waals surface area contributed by atoms with Crippen LogP contribution >= 0.6 is 0 Å². The van der Waals surface area contributed by atoms with Crippen LogP contribution < -0.4 is 0 Å². The minimum absolute atomic E-state index is 0.103. The van der Waals surface area contributed by atoms with Crippen LogP contribution in [0.3, 0.4) is 0 Å². The molecule has 1 amide bonds. The molecule has 0 saturated carbocycles. The number of benzene rings is 2. The number of amides is 1. The number of nitrogens with zero attached hydrogens (tertiary/aromatic N) is 1. The van der Waals surface area contributed by atoms with E-state index in [0.29, 0.717) is 13.2 Å². The van der Waals surface area contributed by atoms with Crippen LogP contribution in [0.2, 0.25) is 0 Å². The smallest absolute Gasteiger partial charge is 0.257 e. The summed E-state index contributed by atoms with van der Waals surface area (Å²) in [6, 6.07) is 14.5. The summed E-state index contributed by atoms with van der Waals surface area (Å²) in [5.74, 6) is 0.103. The molecule has 0 spiro atoms. The fourth-order valence-electron chi connectivity index (χ4n) is 4.57. The first kappa shape index (κ1) is 13.3. The van der Waals surface area contributed by atoms with Gasteiger partial charge in [-0.1, -0.05) is 36.4 Å². The Hall–Kier alpha value is -2.13. The van der Waals surface area contributed by atoms with Crippen molar-refractivity contribution in [2.24, 2.45) is 0 Å². The van der Waals surface area contributed by atoms with E-state index in [0.717, 1.165) is 24.0 Å². The molecule has 3 heteroatoms. The van der Waals surface area contributed by atoms with E-state index >= 15 is 0 Å². The molecule has 3 aliphatic rings. The van der Waals surface area contributed by atoms with Crippen molar-refractivity contribution in [1.29, 1.82) is 0 Å². The second-order valence-electron chi connectivity index (χ2n) is 6.65. The second kappa shape index (κ2) is 4.68. The Morgan fingerprint density at radius 1 is 0.957 bits per heavy atom. The summed E-state index contributed by atoms with van der Waals surface area (Å²) in [7, 11) is 0. The lowest BCUT2D eigenvalue weighted by Crippen LogP contribution is -2.41. The van der Waals surface area contributed by atoms with Gasteiger partial charge in [0.15, 0.2) is 5.72 Å². The molecule has 1 unspecified atom stereocenters. The molecule has 0 N–H and O–H groups in total. The highest BCUT2D eigenvalue weighted by atomic mass is 16.5. The van der Waals surface area contributed by atoms with Gasteiger partial charge in [-0.2, -0.15) is 0 Å². The van der Waals surface area contributed by atoms with Gasteiger partial charge in [-0.25, -0.2) is 0 Å². The van der Waals surface area contributed by atoms with Crippen LogP contribution in [0.15, 0.2) is 42.5 Å². The van der Waals surface area contributed by atoms with E-state index in [1.54, 1.807) is 0 Å². The highest BCUT2D eigenvalue weighted by molar-refractivity contribution is 6.00. The molecule has 3 nitrogen and oxygen atoms in total. The Balaban J connectivity index is 1.80. The lowest BCUT2D eigenvalue weighted by molar-refractivity contribution is -0.0311. The molecule has 23 heavy (non-hydrogen) atoms. The fraction of sp³-hybridized carbons (Fsp3) is 0.350. The lowest BCUT2D eigenvalue weighted by atomic mass is 9.82. The van der Waals surface area contributed by atoms with Gasteiger partial charge in [0.25, 0.3) is 5.91 Å². The maximum Gasteiger partial charge on any atom is 0.257 e. The SMILES string of the molecule is O=C1c2ccccc2C2(c3cccc4c3CCCC4)OCCN12. The van der Waals surface area contributed by atoms with Crippen LogP contribution in [0.4, 0.5) is 0 Å². The van der Waals surface area contributed by atoms with Crippen LogP contribution in [0.5, 0.6) is 0 Å². The van der Waals surface area contributed by atoms with Crippen molar-refractivity contribution in [1.82, 2.24) is 4.90 Å². The molecule has 1 aliphatic carbocycles. The molecule has 2 heterocycles. The number of hydrogen-bond donors (Lipinski definition) is 0. The molecule has 2 aliphatic heterocycles. The van der Waals surface area contributed by atoms with Gasteiger partial charge in [0.05, 0.1) is 6.61 Å². The summed E-state index contributed by atoms with van der Waals surface area (Å²) in [5, 5.41) is 0. The molecule has 2 aromatic rings. The summed E-state index contributed by atoms with van der Waals surface area (Å²) in [6.07, 6.45) is 4.69. The number of carbonyl (C=O) groups is 1. The molecule has 0 bridgehead atoms. The summed E-state index contributed by atoms with van der Waals surface area (Å²) in [5.41, 5.74) is 5.12. The van der Waals surface area contributed by atoms with Gasteiger partial charge in [0.1, 0.15) is 0 Å². The van der Waals surface area contributed by atoms with Crippen molar-refractivity contribution in [3.05, 3.63) is 70.3 Å². The first-order valence-electron chi connectivity index (χ1n) is 8.49. The Morgan fingerprint density at radius 3 is 2.74 bits per heavy atom. The molecule has 5 rings (SSSR count). The van der Waals surface area contributed by atoms with Crippen LogP contribution in [0, 0.1) is 0 Å². The number of ether oxygens (including phenoxy) is 1. The predicted octanol–water partition coefficient (Wildman–Crippen LogP) is 3.25. The van der Waals surface area contributed by atoms with Crippen molar-refractivity contribution in [3.8, 4) is 0 Å². The molecule has 0 aromatic heterocycles. The van der Waals surface area contributed by atoms with Crippen molar-refractivity contribution < 1.29 is 9.53 Å². The average Bonchev–Trinajstić information content (AvgIpc) is 3.14. The zero-order chi connectivity index (χ0) is 15.4. The summed E-state index contributed by atoms with van der Waals surface area (Å²) in [6.45, 7) is 1.26. The zero-order valence-corrected chi connectivity index (χ0v) is 13.0. The van der Waals surface area contributed by atoms with Crippen LogP contribution in [0.25, 0.3) is 0 Å². The van der Waals surface area contributed by atoms with Gasteiger partial charge in [0.2, 0.25) is 0 Å². The third-order valence-corrected chi connectivity index (χ3v) is 5.53. The minimum atomic E-state index is -0.698. The summed E-state index contributed by atoms with van der Waals surface area (Å²) >= 11 is 0. The van der Waals surface area contributed by atoms with Crippen molar-refractivity contribution in [3.63, 3.8) is 0 Å². The zero-order valence-electron chi connectivity index (χ0n) is 13.0. The van der Waals surface area contributed by atoms with Crippen LogP contribution in [-0.2, 0) is 23.3 Å². The fourth-order valence-corrected chi connectivity index (χ4v) is 4.57. The number of rotatable bonds is 1. The predicted molar refractivity (Wildman–Crippen MR) is 87.3 cm³/mol. The Bertz CT molecular complexity index is 813. The third-order valence-electron chi connectivity index (χ3n) is 5.53. The lowest BCUT2D eigenvalue weighted by Gasteiger charge is -2.35. The van der Waals surface area contributed by atoms with E-state index in [4.69, 9.17) is 4.74 Å². The van der Waals surface area contributed by atoms with E-state index in [1.165, 1.54) is 29.5 Å². The van der Waals surface area contributed by atoms with Gasteiger partial charge in [-0.15, -0.1) is 0 Å². The standard InChI is InChI=1S/C20H19NO2/c22-19-16-9-3-4-10-18(16)20(21(19)12-13-23-20)17-11-5-7-14-6-1-2-8-15(14)17/h3-5,7,9-11H,1-2,6,8,12-13H2. The van der Waals surface area contributed by atoms with Gasteiger partial charge in [-0.3, -0.25) is 9.69 Å². The van der Waals surface area contributed by atoms with Crippen molar-refractivity contribution in [2.45, 2.75) is 31.4 Å². The Kier molecular flexibility index (Phi) is 2.71. The Labute approximate surface area is 135 Å². The third kappa shape index (κ3) is 1.61. The van der Waals surface area contributed by atoms with E-state index in [-0.39, 0.29) is 5.91 Å². The molecule has 2 aromatic carbocycles. The van der Waals surface area contributed by atoms with E-state index in [9.17, 15) is 4.79 Å². The number of fused-ring (bicyclic) bond motifs is 4.